The Labute approximate surface area is 123 Å². The highest BCUT2D eigenvalue weighted by Crippen LogP contribution is 2.29. The van der Waals surface area contributed by atoms with Gasteiger partial charge in [0.15, 0.2) is 5.82 Å². The first-order valence-corrected chi connectivity index (χ1v) is 6.34. The summed E-state index contributed by atoms with van der Waals surface area (Å²) in [6.45, 7) is 0. The van der Waals surface area contributed by atoms with Crippen molar-refractivity contribution in [2.45, 2.75) is 0 Å². The molecule has 0 aliphatic carbocycles. The molecule has 0 atom stereocenters. The fourth-order valence-corrected chi connectivity index (χ4v) is 2.02. The second-order valence-electron chi connectivity index (χ2n) is 3.56. The molecule has 0 unspecified atom stereocenters. The molecule has 1 aromatic heterocycles. The summed E-state index contributed by atoms with van der Waals surface area (Å²) in [5.74, 6) is 0.343. The van der Waals surface area contributed by atoms with Crippen LogP contribution in [-0.2, 0) is 0 Å². The van der Waals surface area contributed by atoms with Gasteiger partial charge in [0.1, 0.15) is 17.2 Å². The largest absolute Gasteiger partial charge is 0.338 e. The fourth-order valence-electron chi connectivity index (χ4n) is 1.46. The predicted molar refractivity (Wildman–Crippen MR) is 76.1 cm³/mol. The van der Waals surface area contributed by atoms with Crippen LogP contribution in [0.1, 0.15) is 11.1 Å². The minimum absolute atomic E-state index is 0.230. The zero-order valence-corrected chi connectivity index (χ0v) is 11.8. The molecule has 1 heterocycles. The molecular formula is C13H6BrClN4. The Morgan fingerprint density at radius 3 is 2.58 bits per heavy atom. The van der Waals surface area contributed by atoms with Gasteiger partial charge in [0.2, 0.25) is 0 Å². The first-order valence-electron chi connectivity index (χ1n) is 5.17. The topological polar surface area (TPSA) is 72.5 Å². The zero-order valence-electron chi connectivity index (χ0n) is 9.48. The molecule has 0 aliphatic rings. The summed E-state index contributed by atoms with van der Waals surface area (Å²) in [6.07, 6.45) is 1.48. The predicted octanol–water partition coefficient (Wildman–Crippen LogP) is 3.98. The summed E-state index contributed by atoms with van der Waals surface area (Å²) in [5, 5.41) is 21.1. The average molecular weight is 334 g/mol. The van der Waals surface area contributed by atoms with E-state index in [1.807, 2.05) is 6.07 Å². The van der Waals surface area contributed by atoms with Crippen molar-refractivity contribution < 1.29 is 0 Å². The summed E-state index contributed by atoms with van der Waals surface area (Å²) in [7, 11) is 0. The SMILES string of the molecule is N#Cc1ccc(Br)cc1Nc1nccc(C#N)c1Cl. The van der Waals surface area contributed by atoms with Crippen LogP contribution in [0, 0.1) is 22.7 Å². The van der Waals surface area contributed by atoms with Crippen LogP contribution in [0.25, 0.3) is 0 Å². The molecule has 0 spiro atoms. The first-order chi connectivity index (χ1) is 9.15. The van der Waals surface area contributed by atoms with E-state index in [0.29, 0.717) is 22.6 Å². The standard InChI is InChI=1S/C13H6BrClN4/c14-10-2-1-8(6-16)11(5-10)19-13-12(15)9(7-17)3-4-18-13/h1-5H,(H,18,19). The molecule has 19 heavy (non-hydrogen) atoms. The molecule has 0 bridgehead atoms. The molecule has 1 N–H and O–H groups in total. The van der Waals surface area contributed by atoms with Crippen LogP contribution in [0.4, 0.5) is 11.5 Å². The van der Waals surface area contributed by atoms with Crippen molar-refractivity contribution in [1.82, 2.24) is 4.98 Å². The Hall–Kier alpha value is -2.08. The van der Waals surface area contributed by atoms with Gasteiger partial charge in [-0.15, -0.1) is 0 Å². The van der Waals surface area contributed by atoms with E-state index in [0.717, 1.165) is 4.47 Å². The molecule has 0 saturated carbocycles. The van der Waals surface area contributed by atoms with Crippen molar-refractivity contribution >= 4 is 39.0 Å². The lowest BCUT2D eigenvalue weighted by Crippen LogP contribution is -1.98. The lowest BCUT2D eigenvalue weighted by Gasteiger charge is -2.09. The summed E-state index contributed by atoms with van der Waals surface area (Å²) in [5.41, 5.74) is 1.36. The van der Waals surface area contributed by atoms with E-state index in [1.165, 1.54) is 12.3 Å². The van der Waals surface area contributed by atoms with Crippen LogP contribution in [0.3, 0.4) is 0 Å². The molecule has 0 radical (unpaired) electrons. The second kappa shape index (κ2) is 5.71. The number of pyridine rings is 1. The van der Waals surface area contributed by atoms with Crippen LogP contribution in [-0.4, -0.2) is 4.98 Å². The van der Waals surface area contributed by atoms with Gasteiger partial charge in [-0.3, -0.25) is 0 Å². The highest BCUT2D eigenvalue weighted by atomic mass is 79.9. The third kappa shape index (κ3) is 2.85. The maximum Gasteiger partial charge on any atom is 0.150 e. The highest BCUT2D eigenvalue weighted by molar-refractivity contribution is 9.10. The number of hydrogen-bond acceptors (Lipinski definition) is 4. The number of halogens is 2. The molecule has 4 nitrogen and oxygen atoms in total. The van der Waals surface area contributed by atoms with Crippen LogP contribution < -0.4 is 5.32 Å². The molecule has 1 aromatic carbocycles. The number of nitrogens with zero attached hydrogens (tertiary/aromatic N) is 3. The number of benzene rings is 1. The van der Waals surface area contributed by atoms with Crippen molar-refractivity contribution in [2.24, 2.45) is 0 Å². The lowest BCUT2D eigenvalue weighted by molar-refractivity contribution is 1.29. The van der Waals surface area contributed by atoms with Crippen LogP contribution in [0.2, 0.25) is 5.02 Å². The van der Waals surface area contributed by atoms with E-state index in [-0.39, 0.29) is 5.02 Å². The molecule has 6 heteroatoms. The Kier molecular flexibility index (Phi) is 4.01. The number of rotatable bonds is 2. The van der Waals surface area contributed by atoms with Gasteiger partial charge >= 0.3 is 0 Å². The molecule has 92 valence electrons. The van der Waals surface area contributed by atoms with E-state index in [2.05, 4.69) is 32.3 Å². The van der Waals surface area contributed by atoms with E-state index >= 15 is 0 Å². The Bertz CT molecular complexity index is 716. The molecule has 0 amide bonds. The zero-order chi connectivity index (χ0) is 13.8. The molecule has 2 rings (SSSR count). The normalized spacial score (nSPS) is 9.47. The summed E-state index contributed by atoms with van der Waals surface area (Å²) < 4.78 is 0.821. The summed E-state index contributed by atoms with van der Waals surface area (Å²) >= 11 is 9.38. The molecule has 0 saturated heterocycles. The smallest absolute Gasteiger partial charge is 0.150 e. The number of hydrogen-bond donors (Lipinski definition) is 1. The van der Waals surface area contributed by atoms with Crippen molar-refractivity contribution in [3.63, 3.8) is 0 Å². The summed E-state index contributed by atoms with van der Waals surface area (Å²) in [4.78, 5) is 4.07. The summed E-state index contributed by atoms with van der Waals surface area (Å²) in [6, 6.07) is 10.8. The number of nitriles is 2. The monoisotopic (exact) mass is 332 g/mol. The maximum atomic E-state index is 9.05. The Morgan fingerprint density at radius 2 is 1.89 bits per heavy atom. The van der Waals surface area contributed by atoms with Crippen molar-refractivity contribution in [2.75, 3.05) is 5.32 Å². The van der Waals surface area contributed by atoms with Gasteiger partial charge < -0.3 is 5.32 Å². The van der Waals surface area contributed by atoms with Gasteiger partial charge in [-0.05, 0) is 24.3 Å². The van der Waals surface area contributed by atoms with E-state index in [1.54, 1.807) is 18.2 Å². The van der Waals surface area contributed by atoms with Crippen molar-refractivity contribution in [3.8, 4) is 12.1 Å². The fraction of sp³-hybridized carbons (Fsp3) is 0. The van der Waals surface area contributed by atoms with Crippen LogP contribution in [0.5, 0.6) is 0 Å². The third-order valence-corrected chi connectivity index (χ3v) is 3.24. The molecule has 0 aliphatic heterocycles. The van der Waals surface area contributed by atoms with Gasteiger partial charge in [-0.25, -0.2) is 4.98 Å². The molecule has 0 fully saturated rings. The maximum absolute atomic E-state index is 9.05. The Balaban J connectivity index is 2.46. The van der Waals surface area contributed by atoms with Crippen LogP contribution in [0.15, 0.2) is 34.9 Å². The van der Waals surface area contributed by atoms with Gasteiger partial charge in [0.05, 0.1) is 16.8 Å². The highest BCUT2D eigenvalue weighted by Gasteiger charge is 2.10. The van der Waals surface area contributed by atoms with Crippen LogP contribution >= 0.6 is 27.5 Å². The van der Waals surface area contributed by atoms with Gasteiger partial charge in [0.25, 0.3) is 0 Å². The van der Waals surface area contributed by atoms with Crippen molar-refractivity contribution in [1.29, 1.82) is 10.5 Å². The number of anilines is 2. The van der Waals surface area contributed by atoms with E-state index in [9.17, 15) is 0 Å². The second-order valence-corrected chi connectivity index (χ2v) is 4.85. The average Bonchev–Trinajstić information content (AvgIpc) is 2.41. The Morgan fingerprint density at radius 1 is 1.16 bits per heavy atom. The van der Waals surface area contributed by atoms with E-state index < -0.39 is 0 Å². The number of aromatic nitrogens is 1. The minimum atomic E-state index is 0.230. The lowest BCUT2D eigenvalue weighted by atomic mass is 10.2. The van der Waals surface area contributed by atoms with Gasteiger partial charge in [0, 0.05) is 10.7 Å². The van der Waals surface area contributed by atoms with Gasteiger partial charge in [-0.2, -0.15) is 10.5 Å². The number of nitrogens with one attached hydrogen (secondary N) is 1. The minimum Gasteiger partial charge on any atom is -0.338 e. The quantitative estimate of drug-likeness (QED) is 0.902. The third-order valence-electron chi connectivity index (χ3n) is 2.36. The van der Waals surface area contributed by atoms with Gasteiger partial charge in [-0.1, -0.05) is 27.5 Å². The molecular weight excluding hydrogens is 328 g/mol. The van der Waals surface area contributed by atoms with E-state index in [4.69, 9.17) is 22.1 Å². The molecule has 2 aromatic rings. The first kappa shape index (κ1) is 13.4. The van der Waals surface area contributed by atoms with Crippen molar-refractivity contribution in [3.05, 3.63) is 51.1 Å².